The van der Waals surface area contributed by atoms with Crippen molar-refractivity contribution in [2.24, 2.45) is 5.92 Å². The van der Waals surface area contributed by atoms with Crippen molar-refractivity contribution < 1.29 is 18.8 Å². The predicted molar refractivity (Wildman–Crippen MR) is 102 cm³/mol. The Labute approximate surface area is 163 Å². The van der Waals surface area contributed by atoms with Gasteiger partial charge in [-0.25, -0.2) is 0 Å². The van der Waals surface area contributed by atoms with Crippen LogP contribution in [-0.4, -0.2) is 41.7 Å². The molecule has 0 saturated heterocycles. The van der Waals surface area contributed by atoms with Crippen LogP contribution in [0.1, 0.15) is 48.9 Å². The summed E-state index contributed by atoms with van der Waals surface area (Å²) in [5.74, 6) is 1.19. The lowest BCUT2D eigenvalue weighted by Gasteiger charge is -2.17. The first kappa shape index (κ1) is 21.0. The van der Waals surface area contributed by atoms with Crippen molar-refractivity contribution in [1.82, 2.24) is 15.0 Å². The zero-order chi connectivity index (χ0) is 20.1. The van der Waals surface area contributed by atoms with Crippen LogP contribution in [0.5, 0.6) is 5.75 Å². The molecule has 2 aromatic rings. The minimum atomic E-state index is -0.308. The van der Waals surface area contributed by atoms with E-state index >= 15 is 0 Å². The molecule has 148 valence electrons. The van der Waals surface area contributed by atoms with Gasteiger partial charge >= 0.3 is 0 Å². The van der Waals surface area contributed by atoms with E-state index in [0.717, 1.165) is 0 Å². The van der Waals surface area contributed by atoms with Gasteiger partial charge in [-0.1, -0.05) is 30.6 Å². The van der Waals surface area contributed by atoms with Gasteiger partial charge in [-0.15, -0.1) is 0 Å². The third-order valence-corrected chi connectivity index (χ3v) is 4.12. The molecule has 0 aliphatic heterocycles. The van der Waals surface area contributed by atoms with Gasteiger partial charge in [0, 0.05) is 19.7 Å². The van der Waals surface area contributed by atoms with E-state index in [-0.39, 0.29) is 23.6 Å². The van der Waals surface area contributed by atoms with Gasteiger partial charge in [0.2, 0.25) is 5.89 Å². The Kier molecular flexibility index (Phi) is 7.04. The van der Waals surface area contributed by atoms with E-state index in [1.807, 2.05) is 6.92 Å². The molecule has 1 heterocycles. The van der Waals surface area contributed by atoms with Crippen LogP contribution in [0.4, 0.5) is 5.69 Å². The van der Waals surface area contributed by atoms with Crippen molar-refractivity contribution >= 4 is 23.2 Å². The summed E-state index contributed by atoms with van der Waals surface area (Å²) in [6.45, 7) is 6.71. The van der Waals surface area contributed by atoms with Gasteiger partial charge in [-0.3, -0.25) is 4.79 Å². The van der Waals surface area contributed by atoms with Gasteiger partial charge in [0.25, 0.3) is 5.91 Å². The molecular formula is C18H25ClN4O4. The maximum absolute atomic E-state index is 12.7. The van der Waals surface area contributed by atoms with Crippen LogP contribution in [0.3, 0.4) is 0 Å². The molecule has 2 N–H and O–H groups in total. The number of nitrogen functional groups attached to an aromatic ring is 1. The zero-order valence-corrected chi connectivity index (χ0v) is 16.9. The fourth-order valence-electron chi connectivity index (χ4n) is 2.29. The number of carbonyl (C=O) groups is 1. The molecule has 1 aromatic carbocycles. The first-order valence-corrected chi connectivity index (χ1v) is 8.93. The third-order valence-electron chi connectivity index (χ3n) is 3.80. The van der Waals surface area contributed by atoms with Crippen LogP contribution in [-0.2, 0) is 11.3 Å². The average molecular weight is 397 g/mol. The second kappa shape index (κ2) is 9.05. The molecular weight excluding hydrogens is 372 g/mol. The molecule has 8 nitrogen and oxygen atoms in total. The van der Waals surface area contributed by atoms with Crippen LogP contribution in [0.2, 0.25) is 5.02 Å². The summed E-state index contributed by atoms with van der Waals surface area (Å²) in [7, 11) is 3.08. The molecule has 2 rings (SSSR count). The number of rotatable bonds is 8. The number of ether oxygens (including phenoxy) is 2. The molecule has 0 spiro atoms. The highest BCUT2D eigenvalue weighted by atomic mass is 35.5. The summed E-state index contributed by atoms with van der Waals surface area (Å²) >= 11 is 6.04. The lowest BCUT2D eigenvalue weighted by Crippen LogP contribution is -2.27. The molecule has 0 aliphatic carbocycles. The van der Waals surface area contributed by atoms with E-state index in [4.69, 9.17) is 31.3 Å². The number of hydrogen-bond acceptors (Lipinski definition) is 7. The third kappa shape index (κ3) is 5.33. The SMILES string of the molecule is COc1cc(N)c(Cl)cc1C(=O)N(C)Cc1nc(C(C)OCC(C)C)no1. The standard InChI is InChI=1S/C18H25ClN4O4/c1-10(2)9-26-11(3)17-21-16(27-22-17)8-23(4)18(24)12-6-13(19)14(20)7-15(12)25-5/h6-7,10-11H,8-9,20H2,1-5H3. The number of benzene rings is 1. The van der Waals surface area contributed by atoms with Crippen molar-refractivity contribution in [1.29, 1.82) is 0 Å². The molecule has 0 bridgehead atoms. The smallest absolute Gasteiger partial charge is 0.257 e. The quantitative estimate of drug-likeness (QED) is 0.682. The van der Waals surface area contributed by atoms with Gasteiger partial charge in [-0.05, 0) is 18.9 Å². The number of carbonyl (C=O) groups excluding carboxylic acids is 1. The predicted octanol–water partition coefficient (Wildman–Crippen LogP) is 3.32. The summed E-state index contributed by atoms with van der Waals surface area (Å²) in [6.07, 6.45) is -0.290. The number of hydrogen-bond donors (Lipinski definition) is 1. The summed E-state index contributed by atoms with van der Waals surface area (Å²) in [5, 5.41) is 4.21. The molecule has 0 aliphatic rings. The largest absolute Gasteiger partial charge is 0.496 e. The van der Waals surface area contributed by atoms with Gasteiger partial charge in [0.05, 0.1) is 29.9 Å². The van der Waals surface area contributed by atoms with Gasteiger partial charge in [-0.2, -0.15) is 4.98 Å². The second-order valence-corrected chi connectivity index (χ2v) is 7.06. The normalized spacial score (nSPS) is 12.3. The number of nitrogens with zero attached hydrogens (tertiary/aromatic N) is 3. The van der Waals surface area contributed by atoms with Gasteiger partial charge in [0.15, 0.2) is 5.82 Å². The Morgan fingerprint density at radius 2 is 2.07 bits per heavy atom. The first-order valence-electron chi connectivity index (χ1n) is 8.55. The molecule has 1 unspecified atom stereocenters. The van der Waals surface area contributed by atoms with Crippen molar-refractivity contribution in [3.8, 4) is 5.75 Å². The van der Waals surface area contributed by atoms with Crippen LogP contribution in [0, 0.1) is 5.92 Å². The monoisotopic (exact) mass is 396 g/mol. The Hall–Kier alpha value is -2.32. The van der Waals surface area contributed by atoms with Crippen molar-refractivity contribution in [3.05, 3.63) is 34.4 Å². The van der Waals surface area contributed by atoms with E-state index in [2.05, 4.69) is 24.0 Å². The second-order valence-electron chi connectivity index (χ2n) is 6.65. The number of anilines is 1. The van der Waals surface area contributed by atoms with Gasteiger partial charge in [0.1, 0.15) is 11.9 Å². The molecule has 0 fully saturated rings. The number of halogens is 1. The van der Waals surface area contributed by atoms with Crippen molar-refractivity contribution in [3.63, 3.8) is 0 Å². The van der Waals surface area contributed by atoms with Crippen LogP contribution in [0.25, 0.3) is 0 Å². The number of nitrogens with two attached hydrogens (primary N) is 1. The summed E-state index contributed by atoms with van der Waals surface area (Å²) in [5.41, 5.74) is 6.39. The van der Waals surface area contributed by atoms with Crippen LogP contribution >= 0.6 is 11.6 Å². The van der Waals surface area contributed by atoms with E-state index in [1.54, 1.807) is 7.05 Å². The van der Waals surface area contributed by atoms with Gasteiger partial charge < -0.3 is 24.6 Å². The van der Waals surface area contributed by atoms with Crippen LogP contribution < -0.4 is 10.5 Å². The maximum Gasteiger partial charge on any atom is 0.257 e. The first-order chi connectivity index (χ1) is 12.7. The summed E-state index contributed by atoms with van der Waals surface area (Å²) in [4.78, 5) is 18.5. The Morgan fingerprint density at radius 3 is 2.70 bits per heavy atom. The molecule has 0 radical (unpaired) electrons. The molecule has 1 atom stereocenters. The summed E-state index contributed by atoms with van der Waals surface area (Å²) < 4.78 is 16.1. The van der Waals surface area contributed by atoms with E-state index in [9.17, 15) is 4.79 Å². The Balaban J connectivity index is 2.08. The number of aromatic nitrogens is 2. The average Bonchev–Trinajstić information content (AvgIpc) is 3.09. The Morgan fingerprint density at radius 1 is 1.37 bits per heavy atom. The number of methoxy groups -OCH3 is 1. The molecule has 0 saturated carbocycles. The molecule has 27 heavy (non-hydrogen) atoms. The van der Waals surface area contributed by atoms with E-state index in [1.165, 1.54) is 24.1 Å². The lowest BCUT2D eigenvalue weighted by atomic mass is 10.1. The van der Waals surface area contributed by atoms with Crippen LogP contribution in [0.15, 0.2) is 16.7 Å². The number of amides is 1. The van der Waals surface area contributed by atoms with Crippen molar-refractivity contribution in [2.45, 2.75) is 33.4 Å². The highest BCUT2D eigenvalue weighted by Crippen LogP contribution is 2.29. The molecule has 9 heteroatoms. The van der Waals surface area contributed by atoms with E-state index < -0.39 is 0 Å². The maximum atomic E-state index is 12.7. The lowest BCUT2D eigenvalue weighted by molar-refractivity contribution is 0.0402. The fraction of sp³-hybridized carbons (Fsp3) is 0.500. The highest BCUT2D eigenvalue weighted by Gasteiger charge is 2.22. The minimum absolute atomic E-state index is 0.133. The molecule has 1 amide bonds. The van der Waals surface area contributed by atoms with E-state index in [0.29, 0.717) is 41.2 Å². The van der Waals surface area contributed by atoms with Crippen molar-refractivity contribution in [2.75, 3.05) is 26.5 Å². The minimum Gasteiger partial charge on any atom is -0.496 e. The summed E-state index contributed by atoms with van der Waals surface area (Å²) in [6, 6.07) is 3.00. The Bertz CT molecular complexity index is 794. The topological polar surface area (TPSA) is 104 Å². The molecule has 1 aromatic heterocycles. The highest BCUT2D eigenvalue weighted by molar-refractivity contribution is 6.33. The zero-order valence-electron chi connectivity index (χ0n) is 16.2. The fourth-order valence-corrected chi connectivity index (χ4v) is 2.46.